The molecule has 2 aromatic carbocycles. The molecule has 0 aliphatic heterocycles. The van der Waals surface area contributed by atoms with Gasteiger partial charge in [0.15, 0.2) is 11.5 Å². The summed E-state index contributed by atoms with van der Waals surface area (Å²) >= 11 is 0. The van der Waals surface area contributed by atoms with Crippen molar-refractivity contribution in [3.63, 3.8) is 0 Å². The smallest absolute Gasteiger partial charge is 0.234 e. The third-order valence-corrected chi connectivity index (χ3v) is 4.59. The molecule has 0 fully saturated rings. The molecule has 3 aromatic rings. The first-order valence-electron chi connectivity index (χ1n) is 9.87. The Morgan fingerprint density at radius 3 is 2.53 bits per heavy atom. The second-order valence-electron chi connectivity index (χ2n) is 7.22. The Labute approximate surface area is 177 Å². The number of rotatable bonds is 10. The van der Waals surface area contributed by atoms with Crippen LogP contribution in [0.3, 0.4) is 0 Å². The molecule has 1 amide bonds. The van der Waals surface area contributed by atoms with Crippen molar-refractivity contribution in [2.45, 2.75) is 26.6 Å². The Kier molecular flexibility index (Phi) is 7.51. The summed E-state index contributed by atoms with van der Waals surface area (Å²) in [5, 5.41) is 2.94. The van der Waals surface area contributed by atoms with E-state index in [0.717, 1.165) is 22.6 Å². The highest BCUT2D eigenvalue weighted by Gasteiger charge is 2.11. The number of methoxy groups -OCH3 is 1. The van der Waals surface area contributed by atoms with Gasteiger partial charge in [0.2, 0.25) is 5.91 Å². The molecule has 0 saturated carbocycles. The summed E-state index contributed by atoms with van der Waals surface area (Å²) in [4.78, 5) is 14.2. The number of benzene rings is 2. The molecule has 1 aromatic heterocycles. The predicted octanol–water partition coefficient (Wildman–Crippen LogP) is 3.92. The fraction of sp³-hybridized carbons (Fsp3) is 0.292. The van der Waals surface area contributed by atoms with Crippen LogP contribution in [0.1, 0.15) is 22.6 Å². The van der Waals surface area contributed by atoms with Gasteiger partial charge in [-0.25, -0.2) is 0 Å². The first-order chi connectivity index (χ1) is 14.5. The van der Waals surface area contributed by atoms with Crippen molar-refractivity contribution < 1.29 is 18.7 Å². The maximum absolute atomic E-state index is 12.3. The lowest BCUT2D eigenvalue weighted by Crippen LogP contribution is -2.34. The van der Waals surface area contributed by atoms with E-state index in [9.17, 15) is 4.79 Å². The van der Waals surface area contributed by atoms with E-state index in [0.29, 0.717) is 31.2 Å². The van der Waals surface area contributed by atoms with Gasteiger partial charge < -0.3 is 19.2 Å². The number of carbonyl (C=O) groups excluding carboxylic acids is 1. The van der Waals surface area contributed by atoms with Gasteiger partial charge in [-0.1, -0.05) is 36.4 Å². The van der Waals surface area contributed by atoms with Crippen LogP contribution in [0.5, 0.6) is 11.5 Å². The molecule has 0 saturated heterocycles. The molecule has 0 spiro atoms. The predicted molar refractivity (Wildman–Crippen MR) is 115 cm³/mol. The number of aryl methyl sites for hydroxylation is 1. The van der Waals surface area contributed by atoms with Gasteiger partial charge in [-0.2, -0.15) is 0 Å². The average molecular weight is 408 g/mol. The largest absolute Gasteiger partial charge is 0.493 e. The molecule has 0 aliphatic rings. The maximum Gasteiger partial charge on any atom is 0.234 e. The topological polar surface area (TPSA) is 63.9 Å². The summed E-state index contributed by atoms with van der Waals surface area (Å²) in [6, 6.07) is 19.5. The van der Waals surface area contributed by atoms with Crippen LogP contribution < -0.4 is 14.8 Å². The number of nitrogens with zero attached hydrogens (tertiary/aromatic N) is 1. The van der Waals surface area contributed by atoms with Gasteiger partial charge in [-0.15, -0.1) is 0 Å². The molecule has 0 radical (unpaired) electrons. The van der Waals surface area contributed by atoms with Crippen molar-refractivity contribution in [2.24, 2.45) is 0 Å². The van der Waals surface area contributed by atoms with Crippen molar-refractivity contribution in [3.05, 3.63) is 83.3 Å². The van der Waals surface area contributed by atoms with Gasteiger partial charge in [0.25, 0.3) is 0 Å². The number of likely N-dealkylation sites (N-methyl/N-ethyl adjacent to an activating group) is 1. The van der Waals surface area contributed by atoms with Gasteiger partial charge in [-0.3, -0.25) is 9.69 Å². The molecule has 6 nitrogen and oxygen atoms in total. The van der Waals surface area contributed by atoms with Crippen LogP contribution >= 0.6 is 0 Å². The Bertz CT molecular complexity index is 953. The monoisotopic (exact) mass is 408 g/mol. The fourth-order valence-electron chi connectivity index (χ4n) is 3.07. The van der Waals surface area contributed by atoms with E-state index in [-0.39, 0.29) is 12.5 Å². The second kappa shape index (κ2) is 10.5. The minimum absolute atomic E-state index is 0.0517. The van der Waals surface area contributed by atoms with Crippen LogP contribution in [0.2, 0.25) is 0 Å². The van der Waals surface area contributed by atoms with Crippen LogP contribution in [-0.4, -0.2) is 31.5 Å². The highest BCUT2D eigenvalue weighted by atomic mass is 16.5. The van der Waals surface area contributed by atoms with Crippen LogP contribution in [0.4, 0.5) is 0 Å². The molecule has 0 bridgehead atoms. The summed E-state index contributed by atoms with van der Waals surface area (Å²) in [5.41, 5.74) is 2.03. The number of carbonyl (C=O) groups is 1. The van der Waals surface area contributed by atoms with E-state index in [4.69, 9.17) is 13.9 Å². The van der Waals surface area contributed by atoms with Crippen molar-refractivity contribution in [1.82, 2.24) is 10.2 Å². The van der Waals surface area contributed by atoms with Gasteiger partial charge in [-0.05, 0) is 49.4 Å². The first kappa shape index (κ1) is 21.5. The zero-order valence-corrected chi connectivity index (χ0v) is 17.7. The second-order valence-corrected chi connectivity index (χ2v) is 7.22. The van der Waals surface area contributed by atoms with Crippen molar-refractivity contribution in [3.8, 4) is 11.5 Å². The number of hydrogen-bond donors (Lipinski definition) is 1. The van der Waals surface area contributed by atoms with Crippen LogP contribution in [0.15, 0.2) is 65.1 Å². The normalized spacial score (nSPS) is 10.8. The van der Waals surface area contributed by atoms with Crippen molar-refractivity contribution >= 4 is 5.91 Å². The lowest BCUT2D eigenvalue weighted by Gasteiger charge is -2.15. The maximum atomic E-state index is 12.3. The van der Waals surface area contributed by atoms with Gasteiger partial charge in [0.1, 0.15) is 18.1 Å². The summed E-state index contributed by atoms with van der Waals surface area (Å²) in [5.74, 6) is 2.98. The molecule has 1 N–H and O–H groups in total. The third kappa shape index (κ3) is 6.39. The average Bonchev–Trinajstić information content (AvgIpc) is 3.16. The van der Waals surface area contributed by atoms with Crippen LogP contribution in [-0.2, 0) is 24.5 Å². The van der Waals surface area contributed by atoms with Gasteiger partial charge in [0.05, 0.1) is 20.2 Å². The third-order valence-electron chi connectivity index (χ3n) is 4.59. The van der Waals surface area contributed by atoms with Crippen LogP contribution in [0.25, 0.3) is 0 Å². The van der Waals surface area contributed by atoms with Crippen molar-refractivity contribution in [1.29, 1.82) is 0 Å². The SMILES string of the molecule is COc1cc(CNC(=O)CN(C)Cc2ccc(C)o2)ccc1OCc1ccccc1. The molecule has 6 heteroatoms. The molecule has 158 valence electrons. The van der Waals surface area contributed by atoms with Crippen LogP contribution in [0, 0.1) is 6.92 Å². The van der Waals surface area contributed by atoms with Gasteiger partial charge >= 0.3 is 0 Å². The van der Waals surface area contributed by atoms with E-state index in [1.807, 2.05) is 79.5 Å². The van der Waals surface area contributed by atoms with E-state index >= 15 is 0 Å². The zero-order valence-electron chi connectivity index (χ0n) is 17.7. The Balaban J connectivity index is 1.49. The molecular weight excluding hydrogens is 380 g/mol. The number of furan rings is 1. The molecule has 30 heavy (non-hydrogen) atoms. The number of nitrogens with one attached hydrogen (secondary N) is 1. The van der Waals surface area contributed by atoms with Gasteiger partial charge in [0, 0.05) is 6.54 Å². The van der Waals surface area contributed by atoms with E-state index < -0.39 is 0 Å². The summed E-state index contributed by atoms with van der Waals surface area (Å²) in [7, 11) is 3.50. The molecule has 0 atom stereocenters. The fourth-order valence-corrected chi connectivity index (χ4v) is 3.07. The Hall–Kier alpha value is -3.25. The molecule has 1 heterocycles. The lowest BCUT2D eigenvalue weighted by atomic mass is 10.2. The Morgan fingerprint density at radius 1 is 1.03 bits per heavy atom. The number of ether oxygens (including phenoxy) is 2. The molecule has 0 unspecified atom stereocenters. The molecular formula is C24H28N2O4. The first-order valence-corrected chi connectivity index (χ1v) is 9.87. The molecule has 0 aliphatic carbocycles. The quantitative estimate of drug-likeness (QED) is 0.551. The minimum atomic E-state index is -0.0517. The number of hydrogen-bond acceptors (Lipinski definition) is 5. The van der Waals surface area contributed by atoms with E-state index in [1.165, 1.54) is 0 Å². The summed E-state index contributed by atoms with van der Waals surface area (Å²) in [6.07, 6.45) is 0. The lowest BCUT2D eigenvalue weighted by molar-refractivity contribution is -0.122. The van der Waals surface area contributed by atoms with Crippen molar-refractivity contribution in [2.75, 3.05) is 20.7 Å². The summed E-state index contributed by atoms with van der Waals surface area (Å²) < 4.78 is 16.9. The zero-order chi connectivity index (χ0) is 21.3. The highest BCUT2D eigenvalue weighted by Crippen LogP contribution is 2.28. The Morgan fingerprint density at radius 2 is 1.83 bits per heavy atom. The van der Waals surface area contributed by atoms with E-state index in [2.05, 4.69) is 5.32 Å². The standard InChI is InChI=1S/C24H28N2O4/c1-18-9-11-21(30-18)15-26(2)16-24(27)25-14-20-10-12-22(23(13-20)28-3)29-17-19-7-5-4-6-8-19/h4-13H,14-17H2,1-3H3,(H,25,27). The number of amides is 1. The van der Waals surface area contributed by atoms with E-state index in [1.54, 1.807) is 7.11 Å². The molecule has 3 rings (SSSR count). The summed E-state index contributed by atoms with van der Waals surface area (Å²) in [6.45, 7) is 3.66. The highest BCUT2D eigenvalue weighted by molar-refractivity contribution is 5.78. The minimum Gasteiger partial charge on any atom is -0.493 e.